The Bertz CT molecular complexity index is 322. The van der Waals surface area contributed by atoms with Crippen molar-refractivity contribution in [3.05, 3.63) is 35.4 Å². The highest BCUT2D eigenvalue weighted by Gasteiger charge is 2.22. The van der Waals surface area contributed by atoms with Gasteiger partial charge in [-0.3, -0.25) is 0 Å². The summed E-state index contributed by atoms with van der Waals surface area (Å²) in [7, 11) is 0. The third-order valence-electron chi connectivity index (χ3n) is 3.39. The van der Waals surface area contributed by atoms with Gasteiger partial charge in [-0.1, -0.05) is 24.3 Å². The minimum absolute atomic E-state index is 0.307. The molecule has 0 radical (unpaired) electrons. The van der Waals surface area contributed by atoms with E-state index in [0.29, 0.717) is 12.0 Å². The normalized spacial score (nSPS) is 27.3. The van der Waals surface area contributed by atoms with Crippen molar-refractivity contribution < 1.29 is 0 Å². The second kappa shape index (κ2) is 4.77. The van der Waals surface area contributed by atoms with E-state index in [0.717, 1.165) is 25.9 Å². The summed E-state index contributed by atoms with van der Waals surface area (Å²) in [6.45, 7) is 4.33. The molecular weight excluding hydrogens is 184 g/mol. The lowest BCUT2D eigenvalue weighted by Gasteiger charge is -2.23. The molecule has 1 aromatic carbocycles. The van der Waals surface area contributed by atoms with E-state index in [9.17, 15) is 0 Å². The van der Waals surface area contributed by atoms with Crippen LogP contribution in [-0.2, 0) is 0 Å². The quantitative estimate of drug-likeness (QED) is 0.732. The Balaban J connectivity index is 2.24. The largest absolute Gasteiger partial charge is 0.327 e. The fourth-order valence-electron chi connectivity index (χ4n) is 2.46. The zero-order chi connectivity index (χ0) is 10.7. The van der Waals surface area contributed by atoms with E-state index in [1.165, 1.54) is 11.1 Å². The summed E-state index contributed by atoms with van der Waals surface area (Å²) < 4.78 is 0. The molecule has 0 saturated carbocycles. The van der Waals surface area contributed by atoms with Gasteiger partial charge in [-0.15, -0.1) is 0 Å². The molecule has 0 bridgehead atoms. The SMILES string of the molecule is Cc1ccccc1C1CCNCCC1N. The van der Waals surface area contributed by atoms with Crippen LogP contribution in [0.1, 0.15) is 29.9 Å². The summed E-state index contributed by atoms with van der Waals surface area (Å²) in [4.78, 5) is 0. The summed E-state index contributed by atoms with van der Waals surface area (Å²) >= 11 is 0. The van der Waals surface area contributed by atoms with Crippen LogP contribution >= 0.6 is 0 Å². The van der Waals surface area contributed by atoms with Crippen LogP contribution in [-0.4, -0.2) is 19.1 Å². The Morgan fingerprint density at radius 1 is 1.20 bits per heavy atom. The van der Waals surface area contributed by atoms with Crippen LogP contribution in [0.4, 0.5) is 0 Å². The van der Waals surface area contributed by atoms with Crippen molar-refractivity contribution in [2.45, 2.75) is 31.7 Å². The van der Waals surface area contributed by atoms with E-state index in [1.807, 2.05) is 0 Å². The molecule has 2 unspecified atom stereocenters. The molecule has 1 fully saturated rings. The topological polar surface area (TPSA) is 38.0 Å². The van der Waals surface area contributed by atoms with Crippen molar-refractivity contribution in [2.24, 2.45) is 5.73 Å². The summed E-state index contributed by atoms with van der Waals surface area (Å²) in [5.41, 5.74) is 9.05. The van der Waals surface area contributed by atoms with Crippen molar-refractivity contribution in [1.82, 2.24) is 5.32 Å². The van der Waals surface area contributed by atoms with Crippen LogP contribution in [0, 0.1) is 6.92 Å². The van der Waals surface area contributed by atoms with Crippen molar-refractivity contribution in [2.75, 3.05) is 13.1 Å². The van der Waals surface area contributed by atoms with Gasteiger partial charge in [-0.05, 0) is 44.0 Å². The Morgan fingerprint density at radius 3 is 2.73 bits per heavy atom. The van der Waals surface area contributed by atoms with E-state index in [1.54, 1.807) is 0 Å². The lowest BCUT2D eigenvalue weighted by atomic mass is 9.86. The second-order valence-electron chi connectivity index (χ2n) is 4.45. The fourth-order valence-corrected chi connectivity index (χ4v) is 2.46. The third kappa shape index (κ3) is 2.39. The zero-order valence-electron chi connectivity index (χ0n) is 9.37. The molecule has 0 aromatic heterocycles. The third-order valence-corrected chi connectivity index (χ3v) is 3.39. The number of nitrogens with two attached hydrogens (primary N) is 1. The van der Waals surface area contributed by atoms with Gasteiger partial charge in [0.05, 0.1) is 0 Å². The first-order chi connectivity index (χ1) is 7.29. The zero-order valence-corrected chi connectivity index (χ0v) is 9.37. The van der Waals surface area contributed by atoms with E-state index < -0.39 is 0 Å². The minimum Gasteiger partial charge on any atom is -0.327 e. The van der Waals surface area contributed by atoms with Crippen LogP contribution in [0.5, 0.6) is 0 Å². The Morgan fingerprint density at radius 2 is 1.93 bits per heavy atom. The molecule has 2 rings (SSSR count). The molecule has 1 aliphatic heterocycles. The molecule has 2 nitrogen and oxygen atoms in total. The Kier molecular flexibility index (Phi) is 3.39. The highest BCUT2D eigenvalue weighted by Crippen LogP contribution is 2.27. The van der Waals surface area contributed by atoms with Gasteiger partial charge in [0, 0.05) is 12.0 Å². The maximum Gasteiger partial charge on any atom is 0.0120 e. The maximum absolute atomic E-state index is 6.24. The number of aryl methyl sites for hydroxylation is 1. The van der Waals surface area contributed by atoms with Gasteiger partial charge in [0.1, 0.15) is 0 Å². The molecule has 82 valence electrons. The summed E-state index contributed by atoms with van der Waals surface area (Å²) in [6, 6.07) is 8.93. The minimum atomic E-state index is 0.307. The van der Waals surface area contributed by atoms with Crippen molar-refractivity contribution in [3.63, 3.8) is 0 Å². The van der Waals surface area contributed by atoms with Crippen LogP contribution < -0.4 is 11.1 Å². The molecule has 0 amide bonds. The molecule has 1 saturated heterocycles. The number of nitrogens with one attached hydrogen (secondary N) is 1. The Hall–Kier alpha value is -0.860. The van der Waals surface area contributed by atoms with Crippen LogP contribution in [0.3, 0.4) is 0 Å². The molecular formula is C13H20N2. The smallest absolute Gasteiger partial charge is 0.0120 e. The first-order valence-electron chi connectivity index (χ1n) is 5.81. The van der Waals surface area contributed by atoms with Crippen molar-refractivity contribution in [1.29, 1.82) is 0 Å². The highest BCUT2D eigenvalue weighted by atomic mass is 14.9. The first-order valence-corrected chi connectivity index (χ1v) is 5.81. The van der Waals surface area contributed by atoms with Gasteiger partial charge < -0.3 is 11.1 Å². The number of hydrogen-bond acceptors (Lipinski definition) is 2. The molecule has 1 heterocycles. The van der Waals surface area contributed by atoms with Crippen LogP contribution in [0.2, 0.25) is 0 Å². The number of hydrogen-bond donors (Lipinski definition) is 2. The Labute approximate surface area is 91.9 Å². The van der Waals surface area contributed by atoms with Gasteiger partial charge in [0.15, 0.2) is 0 Å². The molecule has 2 heteroatoms. The van der Waals surface area contributed by atoms with E-state index in [4.69, 9.17) is 5.73 Å². The van der Waals surface area contributed by atoms with Crippen LogP contribution in [0.15, 0.2) is 24.3 Å². The maximum atomic E-state index is 6.24. The highest BCUT2D eigenvalue weighted by molar-refractivity contribution is 5.30. The lowest BCUT2D eigenvalue weighted by Crippen LogP contribution is -2.28. The monoisotopic (exact) mass is 204 g/mol. The van der Waals surface area contributed by atoms with Gasteiger partial charge in [-0.25, -0.2) is 0 Å². The van der Waals surface area contributed by atoms with Gasteiger partial charge in [-0.2, -0.15) is 0 Å². The molecule has 2 atom stereocenters. The lowest BCUT2D eigenvalue weighted by molar-refractivity contribution is 0.517. The molecule has 1 aliphatic rings. The number of benzene rings is 1. The van der Waals surface area contributed by atoms with E-state index in [-0.39, 0.29) is 0 Å². The van der Waals surface area contributed by atoms with Gasteiger partial charge >= 0.3 is 0 Å². The van der Waals surface area contributed by atoms with Crippen molar-refractivity contribution >= 4 is 0 Å². The van der Waals surface area contributed by atoms with E-state index >= 15 is 0 Å². The molecule has 15 heavy (non-hydrogen) atoms. The number of rotatable bonds is 1. The van der Waals surface area contributed by atoms with Crippen LogP contribution in [0.25, 0.3) is 0 Å². The average molecular weight is 204 g/mol. The first kappa shape index (κ1) is 10.7. The molecule has 3 N–H and O–H groups in total. The fraction of sp³-hybridized carbons (Fsp3) is 0.538. The summed E-state index contributed by atoms with van der Waals surface area (Å²) in [5.74, 6) is 0.529. The molecule has 1 aromatic rings. The second-order valence-corrected chi connectivity index (χ2v) is 4.45. The predicted octanol–water partition coefficient (Wildman–Crippen LogP) is 1.79. The van der Waals surface area contributed by atoms with Gasteiger partial charge in [0.25, 0.3) is 0 Å². The van der Waals surface area contributed by atoms with Crippen molar-refractivity contribution in [3.8, 4) is 0 Å². The summed E-state index contributed by atoms with van der Waals surface area (Å²) in [6.07, 6.45) is 2.24. The van der Waals surface area contributed by atoms with E-state index in [2.05, 4.69) is 36.5 Å². The van der Waals surface area contributed by atoms with Gasteiger partial charge in [0.2, 0.25) is 0 Å². The average Bonchev–Trinajstić information content (AvgIpc) is 2.44. The molecule has 0 aliphatic carbocycles. The molecule has 0 spiro atoms. The predicted molar refractivity (Wildman–Crippen MR) is 64.0 cm³/mol. The standard InChI is InChI=1S/C13H20N2/c1-10-4-2-3-5-11(10)12-6-8-15-9-7-13(12)14/h2-5,12-13,15H,6-9,14H2,1H3. The summed E-state index contributed by atoms with van der Waals surface area (Å²) in [5, 5.41) is 3.42.